The number of hydrogen-bond acceptors (Lipinski definition) is 5. The number of sulfonamides is 1. The third-order valence-corrected chi connectivity index (χ3v) is 6.98. The molecule has 0 saturated carbocycles. The van der Waals surface area contributed by atoms with E-state index in [1.54, 1.807) is 48.8 Å². The van der Waals surface area contributed by atoms with Crippen LogP contribution in [0, 0.1) is 5.92 Å². The highest BCUT2D eigenvalue weighted by Gasteiger charge is 2.31. The molecule has 0 bridgehead atoms. The van der Waals surface area contributed by atoms with Crippen LogP contribution in [0.4, 0.5) is 0 Å². The van der Waals surface area contributed by atoms with Crippen molar-refractivity contribution in [2.75, 3.05) is 19.6 Å². The van der Waals surface area contributed by atoms with E-state index in [0.717, 1.165) is 5.56 Å². The average Bonchev–Trinajstić information content (AvgIpc) is 2.79. The number of piperidine rings is 1. The predicted octanol–water partition coefficient (Wildman–Crippen LogP) is 1.31. The number of benzene rings is 1. The molecule has 1 aromatic heterocycles. The quantitative estimate of drug-likeness (QED) is 0.656. The van der Waals surface area contributed by atoms with Gasteiger partial charge in [-0.1, -0.05) is 24.3 Å². The van der Waals surface area contributed by atoms with Crippen LogP contribution in [0.3, 0.4) is 0 Å². The monoisotopic (exact) mass is 430 g/mol. The number of pyridine rings is 1. The summed E-state index contributed by atoms with van der Waals surface area (Å²) < 4.78 is 26.7. The van der Waals surface area contributed by atoms with Gasteiger partial charge in [-0.3, -0.25) is 14.6 Å². The van der Waals surface area contributed by atoms with E-state index in [4.69, 9.17) is 0 Å². The van der Waals surface area contributed by atoms with Gasteiger partial charge in [0.2, 0.25) is 21.8 Å². The van der Waals surface area contributed by atoms with E-state index in [1.165, 1.54) is 4.31 Å². The zero-order chi connectivity index (χ0) is 21.4. The maximum Gasteiger partial charge on any atom is 0.243 e. The molecule has 3 rings (SSSR count). The molecule has 8 nitrogen and oxygen atoms in total. The van der Waals surface area contributed by atoms with Gasteiger partial charge in [0, 0.05) is 50.9 Å². The Bertz CT molecular complexity index is 943. The van der Waals surface area contributed by atoms with E-state index >= 15 is 0 Å². The van der Waals surface area contributed by atoms with E-state index < -0.39 is 10.0 Å². The van der Waals surface area contributed by atoms with Crippen LogP contribution in [0.5, 0.6) is 0 Å². The maximum atomic E-state index is 12.7. The molecule has 2 aromatic rings. The normalized spacial score (nSPS) is 15.5. The fourth-order valence-corrected chi connectivity index (χ4v) is 4.83. The predicted molar refractivity (Wildman–Crippen MR) is 112 cm³/mol. The summed E-state index contributed by atoms with van der Waals surface area (Å²) in [6, 6.07) is 12.0. The minimum Gasteiger partial charge on any atom is -0.355 e. The first-order valence-corrected chi connectivity index (χ1v) is 11.4. The lowest BCUT2D eigenvalue weighted by Gasteiger charge is -2.30. The number of amides is 2. The molecule has 0 atom stereocenters. The number of nitrogens with one attached hydrogen (secondary N) is 2. The van der Waals surface area contributed by atoms with Crippen LogP contribution in [-0.2, 0) is 26.2 Å². The summed E-state index contributed by atoms with van der Waals surface area (Å²) in [6.07, 6.45) is 4.47. The van der Waals surface area contributed by atoms with Crippen LogP contribution in [-0.4, -0.2) is 49.2 Å². The van der Waals surface area contributed by atoms with Gasteiger partial charge in [-0.05, 0) is 36.6 Å². The van der Waals surface area contributed by atoms with Crippen LogP contribution in [0.1, 0.15) is 24.8 Å². The molecular weight excluding hydrogens is 404 g/mol. The summed E-state index contributed by atoms with van der Waals surface area (Å²) in [4.78, 5) is 28.5. The Morgan fingerprint density at radius 3 is 2.43 bits per heavy atom. The first kappa shape index (κ1) is 21.9. The van der Waals surface area contributed by atoms with Crippen molar-refractivity contribution < 1.29 is 18.0 Å². The fraction of sp³-hybridized carbons (Fsp3) is 0.381. The molecule has 0 aliphatic carbocycles. The minimum absolute atomic E-state index is 0.133. The van der Waals surface area contributed by atoms with Gasteiger partial charge in [0.05, 0.1) is 4.90 Å². The highest BCUT2D eigenvalue weighted by molar-refractivity contribution is 7.89. The molecule has 30 heavy (non-hydrogen) atoms. The van der Waals surface area contributed by atoms with Crippen molar-refractivity contribution in [1.29, 1.82) is 0 Å². The topological polar surface area (TPSA) is 108 Å². The highest BCUT2D eigenvalue weighted by atomic mass is 32.2. The summed E-state index contributed by atoms with van der Waals surface area (Å²) in [5, 5.41) is 5.57. The first-order chi connectivity index (χ1) is 14.5. The van der Waals surface area contributed by atoms with Crippen molar-refractivity contribution in [2.45, 2.75) is 30.7 Å². The summed E-state index contributed by atoms with van der Waals surface area (Å²) in [7, 11) is -3.52. The van der Waals surface area contributed by atoms with Crippen molar-refractivity contribution in [2.24, 2.45) is 5.92 Å². The number of carbonyl (C=O) groups excluding carboxylic acids is 2. The van der Waals surface area contributed by atoms with Gasteiger partial charge in [-0.2, -0.15) is 4.31 Å². The molecule has 1 fully saturated rings. The lowest BCUT2D eigenvalue weighted by Crippen LogP contribution is -2.43. The second kappa shape index (κ2) is 10.3. The van der Waals surface area contributed by atoms with Crippen LogP contribution >= 0.6 is 0 Å². The second-order valence-corrected chi connectivity index (χ2v) is 9.11. The largest absolute Gasteiger partial charge is 0.355 e. The highest BCUT2D eigenvalue weighted by Crippen LogP contribution is 2.23. The fourth-order valence-electron chi connectivity index (χ4n) is 3.34. The van der Waals surface area contributed by atoms with Gasteiger partial charge in [0.25, 0.3) is 0 Å². The van der Waals surface area contributed by atoms with E-state index in [9.17, 15) is 18.0 Å². The third-order valence-electron chi connectivity index (χ3n) is 5.07. The van der Waals surface area contributed by atoms with Crippen molar-refractivity contribution in [3.05, 3.63) is 60.4 Å². The van der Waals surface area contributed by atoms with Crippen molar-refractivity contribution in [1.82, 2.24) is 19.9 Å². The summed E-state index contributed by atoms with van der Waals surface area (Å²) >= 11 is 0. The molecule has 1 saturated heterocycles. The molecule has 0 unspecified atom stereocenters. The number of aromatic nitrogens is 1. The Kier molecular flexibility index (Phi) is 7.53. The zero-order valence-electron chi connectivity index (χ0n) is 16.7. The Hall–Kier alpha value is -2.78. The molecule has 9 heteroatoms. The third kappa shape index (κ3) is 5.87. The Labute approximate surface area is 176 Å². The second-order valence-electron chi connectivity index (χ2n) is 7.17. The van der Waals surface area contributed by atoms with Crippen LogP contribution < -0.4 is 10.6 Å². The maximum absolute atomic E-state index is 12.7. The molecule has 2 heterocycles. The van der Waals surface area contributed by atoms with Crippen LogP contribution in [0.15, 0.2) is 59.8 Å². The van der Waals surface area contributed by atoms with Gasteiger partial charge in [-0.25, -0.2) is 8.42 Å². The van der Waals surface area contributed by atoms with Crippen LogP contribution in [0.2, 0.25) is 0 Å². The van der Waals surface area contributed by atoms with Crippen molar-refractivity contribution in [3.8, 4) is 0 Å². The van der Waals surface area contributed by atoms with E-state index in [0.29, 0.717) is 32.5 Å². The number of nitrogens with zero attached hydrogens (tertiary/aromatic N) is 2. The molecule has 160 valence electrons. The summed E-state index contributed by atoms with van der Waals surface area (Å²) in [5.41, 5.74) is 0.909. The van der Waals surface area contributed by atoms with E-state index in [1.807, 2.05) is 6.07 Å². The van der Waals surface area contributed by atoms with E-state index in [2.05, 4.69) is 15.6 Å². The van der Waals surface area contributed by atoms with Crippen molar-refractivity contribution in [3.63, 3.8) is 0 Å². The standard InChI is InChI=1S/C21H26N4O4S/c26-20(24-16-17-5-4-11-22-15-17)8-12-23-21(27)18-9-13-25(14-10-18)30(28,29)19-6-2-1-3-7-19/h1-7,11,15,18H,8-10,12-14,16H2,(H,23,27)(H,24,26). The molecule has 2 N–H and O–H groups in total. The lowest BCUT2D eigenvalue weighted by molar-refractivity contribution is -0.126. The molecule has 1 aliphatic rings. The van der Waals surface area contributed by atoms with Gasteiger partial charge in [-0.15, -0.1) is 0 Å². The first-order valence-electron chi connectivity index (χ1n) is 9.95. The lowest BCUT2D eigenvalue weighted by atomic mass is 9.97. The van der Waals surface area contributed by atoms with Gasteiger partial charge in [0.1, 0.15) is 0 Å². The smallest absolute Gasteiger partial charge is 0.243 e. The molecule has 1 aliphatic heterocycles. The van der Waals surface area contributed by atoms with Gasteiger partial charge >= 0.3 is 0 Å². The molecule has 1 aromatic carbocycles. The molecule has 0 radical (unpaired) electrons. The SMILES string of the molecule is O=C(CCNC(=O)C1CCN(S(=O)(=O)c2ccccc2)CC1)NCc1cccnc1. The molecule has 0 spiro atoms. The Morgan fingerprint density at radius 2 is 1.77 bits per heavy atom. The summed E-state index contributed by atoms with van der Waals surface area (Å²) in [6.45, 7) is 1.26. The average molecular weight is 431 g/mol. The molecular formula is C21H26N4O4S. The minimum atomic E-state index is -3.52. The summed E-state index contributed by atoms with van der Waals surface area (Å²) in [5.74, 6) is -0.527. The number of hydrogen-bond donors (Lipinski definition) is 2. The van der Waals surface area contributed by atoms with Gasteiger partial charge in [0.15, 0.2) is 0 Å². The zero-order valence-corrected chi connectivity index (χ0v) is 17.5. The molecule has 2 amide bonds. The van der Waals surface area contributed by atoms with E-state index in [-0.39, 0.29) is 35.6 Å². The Balaban J connectivity index is 1.37. The van der Waals surface area contributed by atoms with Crippen LogP contribution in [0.25, 0.3) is 0 Å². The number of carbonyl (C=O) groups is 2. The number of rotatable bonds is 8. The van der Waals surface area contributed by atoms with Gasteiger partial charge < -0.3 is 10.6 Å². The van der Waals surface area contributed by atoms with Crippen molar-refractivity contribution >= 4 is 21.8 Å². The Morgan fingerprint density at radius 1 is 1.03 bits per heavy atom.